The van der Waals surface area contributed by atoms with E-state index in [-0.39, 0.29) is 10.8 Å². The van der Waals surface area contributed by atoms with E-state index in [1.54, 1.807) is 12.1 Å². The zero-order chi connectivity index (χ0) is 14.5. The van der Waals surface area contributed by atoms with Gasteiger partial charge in [0.1, 0.15) is 0 Å². The first-order valence-electron chi connectivity index (χ1n) is 6.63. The van der Waals surface area contributed by atoms with Crippen molar-refractivity contribution in [2.75, 3.05) is 12.3 Å². The third-order valence-corrected chi connectivity index (χ3v) is 4.14. The lowest BCUT2D eigenvalue weighted by atomic mass is 10.1. The summed E-state index contributed by atoms with van der Waals surface area (Å²) in [5.74, 6) is -0.602. The van der Waals surface area contributed by atoms with Crippen LogP contribution in [0.3, 0.4) is 0 Å². The highest BCUT2D eigenvalue weighted by Crippen LogP contribution is 2.25. The average Bonchev–Trinajstić information content (AvgIpc) is 2.31. The number of nitrogens with one attached hydrogen (secondary N) is 1. The molecule has 0 aliphatic heterocycles. The number of halogens is 2. The fourth-order valence-electron chi connectivity index (χ4n) is 1.80. The second-order valence-electron chi connectivity index (χ2n) is 5.60. The molecule has 0 saturated carbocycles. The Morgan fingerprint density at radius 2 is 1.95 bits per heavy atom. The van der Waals surface area contributed by atoms with E-state index < -0.39 is 11.6 Å². The summed E-state index contributed by atoms with van der Waals surface area (Å²) in [6.45, 7) is 9.32. The Kier molecular flexibility index (Phi) is 6.27. The summed E-state index contributed by atoms with van der Waals surface area (Å²) in [4.78, 5) is 0. The summed E-state index contributed by atoms with van der Waals surface area (Å²) >= 11 is 1.83. The molecule has 0 amide bonds. The van der Waals surface area contributed by atoms with Gasteiger partial charge in [0.05, 0.1) is 0 Å². The molecule has 0 radical (unpaired) electrons. The largest absolute Gasteiger partial charge is 0.313 e. The Labute approximate surface area is 119 Å². The van der Waals surface area contributed by atoms with Crippen LogP contribution in [0.5, 0.6) is 0 Å². The fraction of sp³-hybridized carbons (Fsp3) is 0.600. The van der Waals surface area contributed by atoms with E-state index in [4.69, 9.17) is 0 Å². The van der Waals surface area contributed by atoms with Crippen LogP contribution in [-0.2, 0) is 6.42 Å². The van der Waals surface area contributed by atoms with Gasteiger partial charge in [-0.2, -0.15) is 11.8 Å². The van der Waals surface area contributed by atoms with Gasteiger partial charge in [-0.15, -0.1) is 0 Å². The Morgan fingerprint density at radius 3 is 2.53 bits per heavy atom. The molecule has 0 aliphatic carbocycles. The van der Waals surface area contributed by atoms with Gasteiger partial charge >= 0.3 is 0 Å². The lowest BCUT2D eigenvalue weighted by Gasteiger charge is -2.23. The molecule has 4 heteroatoms. The van der Waals surface area contributed by atoms with Gasteiger partial charge in [0, 0.05) is 16.5 Å². The molecule has 0 saturated heterocycles. The predicted molar refractivity (Wildman–Crippen MR) is 79.7 cm³/mol. The highest BCUT2D eigenvalue weighted by atomic mass is 32.2. The highest BCUT2D eigenvalue weighted by Gasteiger charge is 2.17. The second kappa shape index (κ2) is 7.25. The molecule has 1 aromatic rings. The molecule has 1 N–H and O–H groups in total. The van der Waals surface area contributed by atoms with Crippen molar-refractivity contribution in [2.45, 2.75) is 44.9 Å². The van der Waals surface area contributed by atoms with Crippen LogP contribution in [0.2, 0.25) is 0 Å². The van der Waals surface area contributed by atoms with Gasteiger partial charge in [0.25, 0.3) is 0 Å². The standard InChI is InChI=1S/C15H23F2NS/c1-5-18-12(10-19-15(2,3)4)9-11-7-6-8-13(16)14(11)17/h6-8,12,18H,5,9-10H2,1-4H3. The van der Waals surface area contributed by atoms with Crippen LogP contribution >= 0.6 is 11.8 Å². The smallest absolute Gasteiger partial charge is 0.162 e. The van der Waals surface area contributed by atoms with Gasteiger partial charge in [0.2, 0.25) is 0 Å². The summed E-state index contributed by atoms with van der Waals surface area (Å²) in [5.41, 5.74) is 0.445. The summed E-state index contributed by atoms with van der Waals surface area (Å²) in [7, 11) is 0. The minimum absolute atomic E-state index is 0.158. The summed E-state index contributed by atoms with van der Waals surface area (Å²) in [6, 6.07) is 4.54. The second-order valence-corrected chi connectivity index (χ2v) is 7.44. The first-order valence-corrected chi connectivity index (χ1v) is 7.62. The molecule has 1 nitrogen and oxygen atoms in total. The van der Waals surface area contributed by atoms with Crippen molar-refractivity contribution < 1.29 is 8.78 Å². The van der Waals surface area contributed by atoms with Crippen molar-refractivity contribution in [3.05, 3.63) is 35.4 Å². The van der Waals surface area contributed by atoms with E-state index >= 15 is 0 Å². The van der Waals surface area contributed by atoms with E-state index in [2.05, 4.69) is 26.1 Å². The normalized spacial score (nSPS) is 13.6. The molecule has 1 unspecified atom stereocenters. The van der Waals surface area contributed by atoms with Crippen LogP contribution in [0, 0.1) is 11.6 Å². The lowest BCUT2D eigenvalue weighted by molar-refractivity contribution is 0.486. The molecule has 1 atom stereocenters. The quantitative estimate of drug-likeness (QED) is 0.848. The van der Waals surface area contributed by atoms with Gasteiger partial charge in [0.15, 0.2) is 11.6 Å². The van der Waals surface area contributed by atoms with Crippen LogP contribution in [-0.4, -0.2) is 23.1 Å². The van der Waals surface area contributed by atoms with Crippen molar-refractivity contribution in [3.8, 4) is 0 Å². The van der Waals surface area contributed by atoms with E-state index in [1.165, 1.54) is 0 Å². The average molecular weight is 287 g/mol. The van der Waals surface area contributed by atoms with Crippen LogP contribution in [0.15, 0.2) is 18.2 Å². The molecule has 0 fully saturated rings. The number of thioether (sulfide) groups is 1. The number of likely N-dealkylation sites (N-methyl/N-ethyl adjacent to an activating group) is 1. The van der Waals surface area contributed by atoms with E-state index in [0.29, 0.717) is 12.0 Å². The molecule has 108 valence electrons. The Bertz CT molecular complexity index is 402. The van der Waals surface area contributed by atoms with Crippen LogP contribution in [0.25, 0.3) is 0 Å². The maximum atomic E-state index is 13.7. The molecule has 0 aliphatic rings. The highest BCUT2D eigenvalue weighted by molar-refractivity contribution is 8.00. The monoisotopic (exact) mass is 287 g/mol. The molecule has 0 bridgehead atoms. The van der Waals surface area contributed by atoms with Crippen molar-refractivity contribution in [3.63, 3.8) is 0 Å². The molecule has 0 spiro atoms. The topological polar surface area (TPSA) is 12.0 Å². The fourth-order valence-corrected chi connectivity index (χ4v) is 2.74. The molecule has 0 heterocycles. The molecule has 0 aromatic heterocycles. The van der Waals surface area contributed by atoms with Gasteiger partial charge in [-0.1, -0.05) is 39.8 Å². The molecule has 1 aromatic carbocycles. The van der Waals surface area contributed by atoms with E-state index in [1.807, 2.05) is 18.7 Å². The zero-order valence-corrected chi connectivity index (χ0v) is 12.9. The third kappa shape index (κ3) is 5.91. The van der Waals surface area contributed by atoms with Gasteiger partial charge in [-0.3, -0.25) is 0 Å². The Balaban J connectivity index is 2.70. The number of hydrogen-bond acceptors (Lipinski definition) is 2. The summed E-state index contributed by atoms with van der Waals surface area (Å²) < 4.78 is 27.0. The number of hydrogen-bond donors (Lipinski definition) is 1. The lowest BCUT2D eigenvalue weighted by Crippen LogP contribution is -2.34. The Morgan fingerprint density at radius 1 is 1.26 bits per heavy atom. The zero-order valence-electron chi connectivity index (χ0n) is 12.1. The maximum Gasteiger partial charge on any atom is 0.162 e. The minimum Gasteiger partial charge on any atom is -0.313 e. The van der Waals surface area contributed by atoms with Gasteiger partial charge < -0.3 is 5.32 Å². The number of rotatable bonds is 6. The van der Waals surface area contributed by atoms with Crippen molar-refractivity contribution in [1.82, 2.24) is 5.32 Å². The SMILES string of the molecule is CCNC(CSC(C)(C)C)Cc1cccc(F)c1F. The van der Waals surface area contributed by atoms with Gasteiger partial charge in [-0.05, 0) is 24.6 Å². The summed E-state index contributed by atoms with van der Waals surface area (Å²) in [5, 5.41) is 3.34. The van der Waals surface area contributed by atoms with E-state index in [9.17, 15) is 8.78 Å². The minimum atomic E-state index is -0.767. The first-order chi connectivity index (χ1) is 8.83. The van der Waals surface area contributed by atoms with Gasteiger partial charge in [-0.25, -0.2) is 8.78 Å². The van der Waals surface area contributed by atoms with Crippen LogP contribution < -0.4 is 5.32 Å². The first kappa shape index (κ1) is 16.4. The summed E-state index contributed by atoms with van der Waals surface area (Å²) in [6.07, 6.45) is 0.514. The van der Waals surface area contributed by atoms with Crippen LogP contribution in [0.1, 0.15) is 33.3 Å². The third-order valence-electron chi connectivity index (χ3n) is 2.71. The molecular weight excluding hydrogens is 264 g/mol. The van der Waals surface area contributed by atoms with Crippen LogP contribution in [0.4, 0.5) is 8.78 Å². The Hall–Kier alpha value is -0.610. The maximum absolute atomic E-state index is 13.7. The molecule has 19 heavy (non-hydrogen) atoms. The van der Waals surface area contributed by atoms with E-state index in [0.717, 1.165) is 18.4 Å². The molecular formula is C15H23F2NS. The predicted octanol–water partition coefficient (Wildman–Crippen LogP) is 4.02. The molecule has 1 rings (SSSR count). The van der Waals surface area contributed by atoms with Crippen molar-refractivity contribution >= 4 is 11.8 Å². The van der Waals surface area contributed by atoms with Crippen molar-refractivity contribution in [2.24, 2.45) is 0 Å². The van der Waals surface area contributed by atoms with Crippen molar-refractivity contribution in [1.29, 1.82) is 0 Å². The number of benzene rings is 1.